The van der Waals surface area contributed by atoms with Gasteiger partial charge in [-0.1, -0.05) is 24.3 Å². The van der Waals surface area contributed by atoms with E-state index < -0.39 is 0 Å². The van der Waals surface area contributed by atoms with Crippen LogP contribution in [-0.2, 0) is 9.53 Å². The Morgan fingerprint density at radius 1 is 1.32 bits per heavy atom. The summed E-state index contributed by atoms with van der Waals surface area (Å²) in [6.07, 6.45) is 1.84. The number of benzene rings is 1. The Balaban J connectivity index is 2.64. The fourth-order valence-electron chi connectivity index (χ4n) is 1.65. The third-order valence-corrected chi connectivity index (χ3v) is 2.55. The predicted molar refractivity (Wildman–Crippen MR) is 73.8 cm³/mol. The lowest BCUT2D eigenvalue weighted by atomic mass is 10.2. The number of ether oxygens (including phenoxy) is 1. The van der Waals surface area contributed by atoms with E-state index >= 15 is 0 Å². The van der Waals surface area contributed by atoms with Crippen LogP contribution < -0.4 is 0 Å². The van der Waals surface area contributed by atoms with Gasteiger partial charge in [0.05, 0.1) is 13.0 Å². The minimum atomic E-state index is -0.294. The number of carbonyl (C=O) groups excluding carboxylic acids is 2. The maximum atomic E-state index is 12.2. The van der Waals surface area contributed by atoms with Crippen LogP contribution >= 0.6 is 0 Å². The average Bonchev–Trinajstić information content (AvgIpc) is 2.44. The molecule has 0 heterocycles. The molecule has 0 radical (unpaired) electrons. The van der Waals surface area contributed by atoms with Gasteiger partial charge in [0.1, 0.15) is 0 Å². The molecule has 1 amide bonds. The van der Waals surface area contributed by atoms with E-state index in [2.05, 4.69) is 6.58 Å². The van der Waals surface area contributed by atoms with Gasteiger partial charge >= 0.3 is 5.97 Å². The minimum absolute atomic E-state index is 0.107. The molecule has 0 spiro atoms. The van der Waals surface area contributed by atoms with Crippen LogP contribution in [0, 0.1) is 0 Å². The second-order valence-corrected chi connectivity index (χ2v) is 3.96. The molecule has 1 aromatic rings. The Labute approximate surface area is 113 Å². The van der Waals surface area contributed by atoms with Gasteiger partial charge in [-0.05, 0) is 19.1 Å². The molecule has 0 aliphatic rings. The smallest absolute Gasteiger partial charge is 0.307 e. The van der Waals surface area contributed by atoms with Crippen LogP contribution in [0.3, 0.4) is 0 Å². The first-order valence-electron chi connectivity index (χ1n) is 6.29. The van der Waals surface area contributed by atoms with Crippen LogP contribution in [0.1, 0.15) is 23.7 Å². The van der Waals surface area contributed by atoms with Crippen LogP contribution in [0.5, 0.6) is 0 Å². The summed E-state index contributed by atoms with van der Waals surface area (Å²) in [6.45, 7) is 6.48. The van der Waals surface area contributed by atoms with Crippen molar-refractivity contribution < 1.29 is 14.3 Å². The van der Waals surface area contributed by atoms with E-state index in [-0.39, 0.29) is 18.3 Å². The quantitative estimate of drug-likeness (QED) is 0.558. The molecule has 4 heteroatoms. The van der Waals surface area contributed by atoms with Gasteiger partial charge in [0.2, 0.25) is 0 Å². The Kier molecular flexibility index (Phi) is 6.36. The fourth-order valence-corrected chi connectivity index (χ4v) is 1.65. The van der Waals surface area contributed by atoms with E-state index in [1.807, 2.05) is 18.2 Å². The number of hydrogen-bond acceptors (Lipinski definition) is 3. The molecule has 4 nitrogen and oxygen atoms in total. The molecule has 0 N–H and O–H groups in total. The van der Waals surface area contributed by atoms with Gasteiger partial charge in [-0.25, -0.2) is 0 Å². The summed E-state index contributed by atoms with van der Waals surface area (Å²) < 4.78 is 4.85. The molecule has 0 aromatic heterocycles. The summed E-state index contributed by atoms with van der Waals surface area (Å²) in [5, 5.41) is 0. The minimum Gasteiger partial charge on any atom is -0.466 e. The van der Waals surface area contributed by atoms with E-state index in [0.29, 0.717) is 25.3 Å². The predicted octanol–water partition coefficient (Wildman–Crippen LogP) is 2.27. The first-order chi connectivity index (χ1) is 9.19. The van der Waals surface area contributed by atoms with Crippen molar-refractivity contribution in [1.29, 1.82) is 0 Å². The Morgan fingerprint density at radius 2 is 2.00 bits per heavy atom. The second kappa shape index (κ2) is 8.08. The largest absolute Gasteiger partial charge is 0.466 e. The van der Waals surface area contributed by atoms with Crippen molar-refractivity contribution in [3.8, 4) is 0 Å². The summed E-state index contributed by atoms with van der Waals surface area (Å²) >= 11 is 0. The maximum absolute atomic E-state index is 12.2. The van der Waals surface area contributed by atoms with Crippen molar-refractivity contribution in [2.75, 3.05) is 19.7 Å². The SMILES string of the molecule is C=CCN(CCC(=O)OCC)C(=O)c1ccccc1. The average molecular weight is 261 g/mol. The van der Waals surface area contributed by atoms with Gasteiger partial charge in [0.15, 0.2) is 0 Å². The number of nitrogens with zero attached hydrogens (tertiary/aromatic N) is 1. The van der Waals surface area contributed by atoms with Gasteiger partial charge in [0, 0.05) is 18.7 Å². The molecule has 0 unspecified atom stereocenters. The van der Waals surface area contributed by atoms with Crippen LogP contribution in [0.25, 0.3) is 0 Å². The molecule has 1 aromatic carbocycles. The van der Waals surface area contributed by atoms with E-state index in [9.17, 15) is 9.59 Å². The van der Waals surface area contributed by atoms with Gasteiger partial charge in [0.25, 0.3) is 5.91 Å². The topological polar surface area (TPSA) is 46.6 Å². The van der Waals surface area contributed by atoms with Crippen molar-refractivity contribution >= 4 is 11.9 Å². The Hall–Kier alpha value is -2.10. The lowest BCUT2D eigenvalue weighted by molar-refractivity contribution is -0.143. The summed E-state index contributed by atoms with van der Waals surface area (Å²) in [6, 6.07) is 8.98. The summed E-state index contributed by atoms with van der Waals surface area (Å²) in [5.74, 6) is -0.401. The van der Waals surface area contributed by atoms with E-state index in [0.717, 1.165) is 0 Å². The molecule has 102 valence electrons. The zero-order valence-corrected chi connectivity index (χ0v) is 11.2. The first-order valence-corrected chi connectivity index (χ1v) is 6.29. The highest BCUT2D eigenvalue weighted by atomic mass is 16.5. The van der Waals surface area contributed by atoms with Gasteiger partial charge in [-0.3, -0.25) is 9.59 Å². The van der Waals surface area contributed by atoms with Gasteiger partial charge in [-0.15, -0.1) is 6.58 Å². The van der Waals surface area contributed by atoms with Crippen LogP contribution in [0.2, 0.25) is 0 Å². The summed E-state index contributed by atoms with van der Waals surface area (Å²) in [4.78, 5) is 25.1. The highest BCUT2D eigenvalue weighted by Gasteiger charge is 2.15. The van der Waals surface area contributed by atoms with Gasteiger partial charge < -0.3 is 9.64 Å². The lowest BCUT2D eigenvalue weighted by Gasteiger charge is -2.20. The van der Waals surface area contributed by atoms with Crippen molar-refractivity contribution in [2.45, 2.75) is 13.3 Å². The molecule has 0 bridgehead atoms. The zero-order chi connectivity index (χ0) is 14.1. The molecule has 0 saturated heterocycles. The molecule has 1 rings (SSSR count). The van der Waals surface area contributed by atoms with E-state index in [4.69, 9.17) is 4.74 Å². The molecule has 0 saturated carbocycles. The number of esters is 1. The molecular formula is C15H19NO3. The van der Waals surface area contributed by atoms with Crippen LogP contribution in [-0.4, -0.2) is 36.5 Å². The lowest BCUT2D eigenvalue weighted by Crippen LogP contribution is -2.33. The highest BCUT2D eigenvalue weighted by molar-refractivity contribution is 5.94. The molecule has 19 heavy (non-hydrogen) atoms. The monoisotopic (exact) mass is 261 g/mol. The van der Waals surface area contributed by atoms with Gasteiger partial charge in [-0.2, -0.15) is 0 Å². The standard InChI is InChI=1S/C15H19NO3/c1-3-11-16(12-10-14(17)19-4-2)15(18)13-8-6-5-7-9-13/h3,5-9H,1,4,10-12H2,2H3. The van der Waals surface area contributed by atoms with Crippen molar-refractivity contribution in [3.05, 3.63) is 48.6 Å². The van der Waals surface area contributed by atoms with Crippen molar-refractivity contribution in [3.63, 3.8) is 0 Å². The Morgan fingerprint density at radius 3 is 2.58 bits per heavy atom. The molecular weight excluding hydrogens is 242 g/mol. The number of rotatable bonds is 7. The third kappa shape index (κ3) is 4.95. The first kappa shape index (κ1) is 15.0. The zero-order valence-electron chi connectivity index (χ0n) is 11.2. The normalized spacial score (nSPS) is 9.74. The van der Waals surface area contributed by atoms with Crippen molar-refractivity contribution in [1.82, 2.24) is 4.90 Å². The molecule has 0 aliphatic heterocycles. The number of hydrogen-bond donors (Lipinski definition) is 0. The molecule has 0 fully saturated rings. The summed E-state index contributed by atoms with van der Waals surface area (Å²) in [7, 11) is 0. The fraction of sp³-hybridized carbons (Fsp3) is 0.333. The third-order valence-electron chi connectivity index (χ3n) is 2.55. The summed E-state index contributed by atoms with van der Waals surface area (Å²) in [5.41, 5.74) is 0.605. The van der Waals surface area contributed by atoms with Crippen molar-refractivity contribution in [2.24, 2.45) is 0 Å². The number of carbonyl (C=O) groups is 2. The maximum Gasteiger partial charge on any atom is 0.307 e. The highest BCUT2D eigenvalue weighted by Crippen LogP contribution is 2.06. The van der Waals surface area contributed by atoms with Crippen LogP contribution in [0.4, 0.5) is 0 Å². The molecule has 0 aliphatic carbocycles. The number of amides is 1. The molecule has 0 atom stereocenters. The van der Waals surface area contributed by atoms with Crippen LogP contribution in [0.15, 0.2) is 43.0 Å². The van der Waals surface area contributed by atoms with E-state index in [1.54, 1.807) is 30.0 Å². The van der Waals surface area contributed by atoms with E-state index in [1.165, 1.54) is 0 Å². The second-order valence-electron chi connectivity index (χ2n) is 3.96. The Bertz CT molecular complexity index is 428.